The van der Waals surface area contributed by atoms with Crippen LogP contribution in [0.2, 0.25) is 0 Å². The van der Waals surface area contributed by atoms with Crippen LogP contribution in [0.1, 0.15) is 0 Å². The lowest BCUT2D eigenvalue weighted by molar-refractivity contribution is 0.628. The lowest BCUT2D eigenvalue weighted by Crippen LogP contribution is -1.98. The molecular formula is C24H15N3O2. The van der Waals surface area contributed by atoms with E-state index in [4.69, 9.17) is 13.8 Å². The van der Waals surface area contributed by atoms with Gasteiger partial charge in [-0.25, -0.2) is 4.98 Å². The molecule has 1 N–H and O–H groups in total. The first-order valence-electron chi connectivity index (χ1n) is 9.35. The smallest absolute Gasteiger partial charge is 0.232 e. The van der Waals surface area contributed by atoms with Crippen LogP contribution in [-0.4, -0.2) is 9.97 Å². The maximum absolute atomic E-state index is 6.13. The molecule has 6 aromatic rings. The molecule has 0 radical (unpaired) electrons. The molecule has 5 heteroatoms. The second-order valence-electron chi connectivity index (χ2n) is 6.81. The van der Waals surface area contributed by atoms with Gasteiger partial charge in [0.2, 0.25) is 11.7 Å². The quantitative estimate of drug-likeness (QED) is 0.380. The van der Waals surface area contributed by atoms with Gasteiger partial charge in [0.1, 0.15) is 16.9 Å². The van der Waals surface area contributed by atoms with Gasteiger partial charge in [-0.15, -0.1) is 0 Å². The molecule has 0 aliphatic heterocycles. The fraction of sp³-hybridized carbons (Fsp3) is 0. The minimum Gasteiger partial charge on any atom is -0.454 e. The van der Waals surface area contributed by atoms with Crippen LogP contribution in [0.3, 0.4) is 0 Å². The number of nitrogens with zero attached hydrogens (tertiary/aromatic N) is 2. The number of hydrogen-bond acceptors (Lipinski definition) is 5. The molecule has 3 aromatic heterocycles. The Hall–Kier alpha value is -4.12. The van der Waals surface area contributed by atoms with Gasteiger partial charge in [0.15, 0.2) is 5.76 Å². The molecule has 29 heavy (non-hydrogen) atoms. The van der Waals surface area contributed by atoms with Gasteiger partial charge in [-0.1, -0.05) is 54.6 Å². The van der Waals surface area contributed by atoms with E-state index in [2.05, 4.69) is 10.3 Å². The Morgan fingerprint density at radius 3 is 2.31 bits per heavy atom. The van der Waals surface area contributed by atoms with Crippen LogP contribution in [0.15, 0.2) is 93.8 Å². The Bertz CT molecular complexity index is 1450. The Morgan fingerprint density at radius 2 is 1.45 bits per heavy atom. The summed E-state index contributed by atoms with van der Waals surface area (Å²) < 4.78 is 12.2. The van der Waals surface area contributed by atoms with E-state index < -0.39 is 0 Å². The molecule has 0 aliphatic carbocycles. The first-order chi connectivity index (χ1) is 14.3. The zero-order valence-corrected chi connectivity index (χ0v) is 15.3. The summed E-state index contributed by atoms with van der Waals surface area (Å²) in [7, 11) is 0. The maximum atomic E-state index is 6.13. The van der Waals surface area contributed by atoms with Gasteiger partial charge in [0.05, 0.1) is 5.39 Å². The van der Waals surface area contributed by atoms with Crippen molar-refractivity contribution >= 4 is 44.7 Å². The third kappa shape index (κ3) is 2.63. The molecule has 0 aliphatic rings. The van der Waals surface area contributed by atoms with Gasteiger partial charge in [0.25, 0.3) is 0 Å². The van der Waals surface area contributed by atoms with Crippen molar-refractivity contribution in [3.8, 4) is 11.5 Å². The van der Waals surface area contributed by atoms with Gasteiger partial charge in [0, 0.05) is 16.5 Å². The van der Waals surface area contributed by atoms with Crippen molar-refractivity contribution in [1.82, 2.24) is 9.97 Å². The second-order valence-corrected chi connectivity index (χ2v) is 6.81. The highest BCUT2D eigenvalue weighted by Gasteiger charge is 2.19. The number of furan rings is 2. The number of fused-ring (bicyclic) bond motifs is 4. The van der Waals surface area contributed by atoms with Crippen molar-refractivity contribution in [1.29, 1.82) is 0 Å². The van der Waals surface area contributed by atoms with Crippen molar-refractivity contribution < 1.29 is 8.83 Å². The van der Waals surface area contributed by atoms with Crippen molar-refractivity contribution in [2.45, 2.75) is 0 Å². The highest BCUT2D eigenvalue weighted by molar-refractivity contribution is 6.10. The number of rotatable bonds is 3. The molecule has 0 amide bonds. The molecule has 0 bridgehead atoms. The molecule has 0 saturated heterocycles. The average Bonchev–Trinajstić information content (AvgIpc) is 3.35. The monoisotopic (exact) mass is 377 g/mol. The fourth-order valence-electron chi connectivity index (χ4n) is 3.61. The zero-order chi connectivity index (χ0) is 19.2. The van der Waals surface area contributed by atoms with Gasteiger partial charge in [-0.05, 0) is 30.3 Å². The summed E-state index contributed by atoms with van der Waals surface area (Å²) in [5.74, 6) is 1.14. The Labute approximate surface area is 165 Å². The summed E-state index contributed by atoms with van der Waals surface area (Å²) in [5.41, 5.74) is 3.72. The van der Waals surface area contributed by atoms with Crippen LogP contribution in [0, 0.1) is 0 Å². The normalized spacial score (nSPS) is 11.4. The zero-order valence-electron chi connectivity index (χ0n) is 15.3. The van der Waals surface area contributed by atoms with E-state index in [0.717, 1.165) is 33.0 Å². The SMILES string of the molecule is c1ccc(Nc2nc(-c3cc4ccccc4o3)c3c(n2)oc2ccccc23)cc1. The second kappa shape index (κ2) is 6.21. The van der Waals surface area contributed by atoms with Crippen LogP contribution < -0.4 is 5.32 Å². The summed E-state index contributed by atoms with van der Waals surface area (Å²) in [6.45, 7) is 0. The van der Waals surface area contributed by atoms with Gasteiger partial charge >= 0.3 is 0 Å². The summed E-state index contributed by atoms with van der Waals surface area (Å²) in [5, 5.41) is 6.10. The molecule has 3 heterocycles. The van der Waals surface area contributed by atoms with Gasteiger partial charge < -0.3 is 14.2 Å². The Kier molecular flexibility index (Phi) is 3.40. The largest absolute Gasteiger partial charge is 0.454 e. The average molecular weight is 377 g/mol. The van der Waals surface area contributed by atoms with E-state index in [1.165, 1.54) is 0 Å². The van der Waals surface area contributed by atoms with E-state index >= 15 is 0 Å². The maximum Gasteiger partial charge on any atom is 0.232 e. The topological polar surface area (TPSA) is 64.1 Å². The standard InChI is InChI=1S/C24H15N3O2/c1-2-9-16(10-3-1)25-24-26-22(20-14-15-8-4-6-12-18(15)28-20)21-17-11-5-7-13-19(17)29-23(21)27-24/h1-14H,(H,25,26,27). The highest BCUT2D eigenvalue weighted by atomic mass is 16.3. The molecular weight excluding hydrogens is 362 g/mol. The molecule has 0 saturated carbocycles. The summed E-state index contributed by atoms with van der Waals surface area (Å²) in [6.07, 6.45) is 0. The van der Waals surface area contributed by atoms with E-state index in [9.17, 15) is 0 Å². The first-order valence-corrected chi connectivity index (χ1v) is 9.35. The third-order valence-electron chi connectivity index (χ3n) is 4.93. The number of benzene rings is 3. The minimum absolute atomic E-state index is 0.457. The van der Waals surface area contributed by atoms with Gasteiger partial charge in [-0.3, -0.25) is 0 Å². The van der Waals surface area contributed by atoms with E-state index in [0.29, 0.717) is 23.1 Å². The number of hydrogen-bond donors (Lipinski definition) is 1. The van der Waals surface area contributed by atoms with Crippen LogP contribution in [0.25, 0.3) is 44.5 Å². The Balaban J connectivity index is 1.63. The molecule has 0 spiro atoms. The van der Waals surface area contributed by atoms with E-state index in [1.807, 2.05) is 84.9 Å². The summed E-state index contributed by atoms with van der Waals surface area (Å²) in [6, 6.07) is 27.6. The van der Waals surface area contributed by atoms with Crippen molar-refractivity contribution in [3.05, 3.63) is 84.9 Å². The lowest BCUT2D eigenvalue weighted by atomic mass is 10.1. The minimum atomic E-state index is 0.457. The van der Waals surface area contributed by atoms with Crippen LogP contribution in [-0.2, 0) is 0 Å². The highest BCUT2D eigenvalue weighted by Crippen LogP contribution is 2.37. The molecule has 6 rings (SSSR count). The fourth-order valence-corrected chi connectivity index (χ4v) is 3.61. The molecule has 3 aromatic carbocycles. The number of para-hydroxylation sites is 3. The van der Waals surface area contributed by atoms with Gasteiger partial charge in [-0.2, -0.15) is 4.98 Å². The number of nitrogens with one attached hydrogen (secondary N) is 1. The third-order valence-corrected chi connectivity index (χ3v) is 4.93. The Morgan fingerprint density at radius 1 is 0.690 bits per heavy atom. The molecule has 0 unspecified atom stereocenters. The summed E-state index contributed by atoms with van der Waals surface area (Å²) >= 11 is 0. The van der Waals surface area contributed by atoms with Crippen LogP contribution >= 0.6 is 0 Å². The van der Waals surface area contributed by atoms with E-state index in [1.54, 1.807) is 0 Å². The lowest BCUT2D eigenvalue weighted by Gasteiger charge is -2.06. The predicted molar refractivity (Wildman–Crippen MR) is 114 cm³/mol. The molecule has 0 atom stereocenters. The van der Waals surface area contributed by atoms with Crippen molar-refractivity contribution in [2.24, 2.45) is 0 Å². The number of aromatic nitrogens is 2. The molecule has 5 nitrogen and oxygen atoms in total. The van der Waals surface area contributed by atoms with Crippen LogP contribution in [0.4, 0.5) is 11.6 Å². The molecule has 0 fully saturated rings. The van der Waals surface area contributed by atoms with E-state index in [-0.39, 0.29) is 0 Å². The van der Waals surface area contributed by atoms with Crippen molar-refractivity contribution in [3.63, 3.8) is 0 Å². The predicted octanol–water partition coefficient (Wildman–Crippen LogP) is 6.53. The first kappa shape index (κ1) is 15.9. The number of anilines is 2. The summed E-state index contributed by atoms with van der Waals surface area (Å²) in [4.78, 5) is 9.43. The molecule has 138 valence electrons. The van der Waals surface area contributed by atoms with Crippen molar-refractivity contribution in [2.75, 3.05) is 5.32 Å². The van der Waals surface area contributed by atoms with Crippen LogP contribution in [0.5, 0.6) is 0 Å².